The predicted octanol–water partition coefficient (Wildman–Crippen LogP) is 1.84. The summed E-state index contributed by atoms with van der Waals surface area (Å²) in [6.07, 6.45) is 7.86. The number of hydrogen-bond donors (Lipinski definition) is 1. The zero-order valence-electron chi connectivity index (χ0n) is 13.0. The number of aliphatic carboxylic acids is 1. The molecule has 1 aromatic heterocycles. The lowest BCUT2D eigenvalue weighted by molar-refractivity contribution is -0.144. The van der Waals surface area contributed by atoms with Crippen LogP contribution < -0.4 is 0 Å². The first-order valence-electron chi connectivity index (χ1n) is 8.30. The van der Waals surface area contributed by atoms with Gasteiger partial charge in [-0.15, -0.1) is 0 Å². The summed E-state index contributed by atoms with van der Waals surface area (Å²) in [4.78, 5) is 20.2. The van der Waals surface area contributed by atoms with Gasteiger partial charge in [-0.1, -0.05) is 0 Å². The van der Waals surface area contributed by atoms with Crippen LogP contribution in [0.15, 0.2) is 24.5 Å². The summed E-state index contributed by atoms with van der Waals surface area (Å²) < 4.78 is 0. The smallest absolute Gasteiger partial charge is 0.307 e. The topological polar surface area (TPSA) is 56.7 Å². The van der Waals surface area contributed by atoms with E-state index in [9.17, 15) is 9.90 Å². The summed E-state index contributed by atoms with van der Waals surface area (Å²) in [5.74, 6) is -0.788. The van der Waals surface area contributed by atoms with Gasteiger partial charge in [-0.05, 0) is 63.0 Å². The molecule has 0 aromatic carbocycles. The van der Waals surface area contributed by atoms with E-state index in [0.717, 1.165) is 58.4 Å². The van der Waals surface area contributed by atoms with Gasteiger partial charge in [0.15, 0.2) is 0 Å². The Hall–Kier alpha value is -1.46. The maximum atomic E-state index is 11.2. The molecule has 120 valence electrons. The molecule has 3 heterocycles. The molecule has 2 aliphatic heterocycles. The summed E-state index contributed by atoms with van der Waals surface area (Å²) in [7, 11) is 0. The van der Waals surface area contributed by atoms with Crippen molar-refractivity contribution in [2.24, 2.45) is 5.92 Å². The summed E-state index contributed by atoms with van der Waals surface area (Å²) >= 11 is 0. The van der Waals surface area contributed by atoms with Crippen molar-refractivity contribution in [3.05, 3.63) is 30.1 Å². The lowest BCUT2D eigenvalue weighted by atomic mass is 9.94. The fourth-order valence-corrected chi connectivity index (χ4v) is 3.73. The second kappa shape index (κ2) is 7.20. The Bertz CT molecular complexity index is 486. The average molecular weight is 303 g/mol. The van der Waals surface area contributed by atoms with Gasteiger partial charge in [-0.2, -0.15) is 0 Å². The molecule has 1 N–H and O–H groups in total. The van der Waals surface area contributed by atoms with Crippen LogP contribution in [0.25, 0.3) is 0 Å². The third kappa shape index (κ3) is 3.84. The standard InChI is InChI=1S/C17H25N3O2/c21-17(22)15-2-1-9-20(13-15)16-5-10-19(11-6-16)12-14-3-7-18-8-4-14/h3-4,7-8,15-16H,1-2,5-6,9-13H2,(H,21,22)/t15-/m0/s1. The average Bonchev–Trinajstić information content (AvgIpc) is 2.56. The Morgan fingerprint density at radius 3 is 2.59 bits per heavy atom. The lowest BCUT2D eigenvalue weighted by Crippen LogP contribution is -2.49. The number of aromatic nitrogens is 1. The molecule has 5 nitrogen and oxygen atoms in total. The molecule has 22 heavy (non-hydrogen) atoms. The minimum atomic E-state index is -0.625. The van der Waals surface area contributed by atoms with Gasteiger partial charge in [0.05, 0.1) is 5.92 Å². The molecule has 0 saturated carbocycles. The van der Waals surface area contributed by atoms with Crippen molar-refractivity contribution in [2.75, 3.05) is 26.2 Å². The first-order chi connectivity index (χ1) is 10.7. The molecule has 1 atom stereocenters. The number of piperidine rings is 2. The summed E-state index contributed by atoms with van der Waals surface area (Å²) in [5.41, 5.74) is 1.32. The molecule has 0 spiro atoms. The fraction of sp³-hybridized carbons (Fsp3) is 0.647. The molecule has 2 saturated heterocycles. The number of pyridine rings is 1. The fourth-order valence-electron chi connectivity index (χ4n) is 3.73. The van der Waals surface area contributed by atoms with Crippen molar-refractivity contribution in [2.45, 2.75) is 38.3 Å². The predicted molar refractivity (Wildman–Crippen MR) is 84.5 cm³/mol. The number of carbonyl (C=O) groups is 1. The van der Waals surface area contributed by atoms with Gasteiger partial charge >= 0.3 is 5.97 Å². The van der Waals surface area contributed by atoms with Crippen LogP contribution >= 0.6 is 0 Å². The van der Waals surface area contributed by atoms with Crippen LogP contribution in [0.3, 0.4) is 0 Å². The maximum absolute atomic E-state index is 11.2. The normalized spacial score (nSPS) is 25.2. The molecule has 0 radical (unpaired) electrons. The molecule has 0 bridgehead atoms. The van der Waals surface area contributed by atoms with E-state index < -0.39 is 5.97 Å². The molecule has 3 rings (SSSR count). The van der Waals surface area contributed by atoms with Gasteiger partial charge in [0.25, 0.3) is 0 Å². The first kappa shape index (κ1) is 15.4. The van der Waals surface area contributed by atoms with Crippen LogP contribution in [0.1, 0.15) is 31.2 Å². The second-order valence-corrected chi connectivity index (χ2v) is 6.54. The van der Waals surface area contributed by atoms with E-state index in [1.165, 1.54) is 5.56 Å². The van der Waals surface area contributed by atoms with Crippen LogP contribution in [-0.2, 0) is 11.3 Å². The van der Waals surface area contributed by atoms with E-state index in [2.05, 4.69) is 26.9 Å². The molecular weight excluding hydrogens is 278 g/mol. The Labute approximate surface area is 131 Å². The van der Waals surface area contributed by atoms with Gasteiger partial charge < -0.3 is 5.11 Å². The summed E-state index contributed by atoms with van der Waals surface area (Å²) in [6, 6.07) is 4.72. The van der Waals surface area contributed by atoms with Crippen molar-refractivity contribution in [1.82, 2.24) is 14.8 Å². The van der Waals surface area contributed by atoms with Crippen LogP contribution in [0.5, 0.6) is 0 Å². The molecule has 0 aliphatic carbocycles. The highest BCUT2D eigenvalue weighted by molar-refractivity contribution is 5.70. The van der Waals surface area contributed by atoms with E-state index >= 15 is 0 Å². The van der Waals surface area contributed by atoms with E-state index in [-0.39, 0.29) is 5.92 Å². The lowest BCUT2D eigenvalue weighted by Gasteiger charge is -2.41. The number of nitrogens with zero attached hydrogens (tertiary/aromatic N) is 3. The largest absolute Gasteiger partial charge is 0.481 e. The maximum Gasteiger partial charge on any atom is 0.307 e. The molecular formula is C17H25N3O2. The third-order valence-corrected chi connectivity index (χ3v) is 5.03. The molecule has 0 unspecified atom stereocenters. The third-order valence-electron chi connectivity index (χ3n) is 5.03. The zero-order valence-corrected chi connectivity index (χ0v) is 13.0. The Morgan fingerprint density at radius 1 is 1.18 bits per heavy atom. The second-order valence-electron chi connectivity index (χ2n) is 6.54. The molecule has 0 amide bonds. The van der Waals surface area contributed by atoms with E-state index in [0.29, 0.717) is 6.04 Å². The number of rotatable bonds is 4. The van der Waals surface area contributed by atoms with Crippen LogP contribution in [0.4, 0.5) is 0 Å². The highest BCUT2D eigenvalue weighted by atomic mass is 16.4. The van der Waals surface area contributed by atoms with Gasteiger partial charge in [-0.3, -0.25) is 19.6 Å². The highest BCUT2D eigenvalue weighted by Gasteiger charge is 2.31. The Kier molecular flexibility index (Phi) is 5.05. The SMILES string of the molecule is O=C(O)[C@H]1CCCN(C2CCN(Cc3ccncc3)CC2)C1. The molecule has 5 heteroatoms. The van der Waals surface area contributed by atoms with Crippen molar-refractivity contribution in [3.63, 3.8) is 0 Å². The number of likely N-dealkylation sites (tertiary alicyclic amines) is 2. The zero-order chi connectivity index (χ0) is 15.4. The molecule has 1 aromatic rings. The summed E-state index contributed by atoms with van der Waals surface area (Å²) in [6.45, 7) is 5.00. The number of carboxylic acids is 1. The number of hydrogen-bond acceptors (Lipinski definition) is 4. The Balaban J connectivity index is 1.48. The summed E-state index contributed by atoms with van der Waals surface area (Å²) in [5, 5.41) is 9.22. The minimum absolute atomic E-state index is 0.163. The molecule has 2 aliphatic rings. The monoisotopic (exact) mass is 303 g/mol. The van der Waals surface area contributed by atoms with E-state index in [4.69, 9.17) is 0 Å². The quantitative estimate of drug-likeness (QED) is 0.920. The Morgan fingerprint density at radius 2 is 1.91 bits per heavy atom. The van der Waals surface area contributed by atoms with Crippen molar-refractivity contribution >= 4 is 5.97 Å². The van der Waals surface area contributed by atoms with Gasteiger partial charge in [0.2, 0.25) is 0 Å². The highest BCUT2D eigenvalue weighted by Crippen LogP contribution is 2.24. The molecule has 2 fully saturated rings. The van der Waals surface area contributed by atoms with Crippen LogP contribution in [0, 0.1) is 5.92 Å². The van der Waals surface area contributed by atoms with E-state index in [1.807, 2.05) is 12.4 Å². The first-order valence-corrected chi connectivity index (χ1v) is 8.30. The van der Waals surface area contributed by atoms with Crippen LogP contribution in [0.2, 0.25) is 0 Å². The van der Waals surface area contributed by atoms with Gasteiger partial charge in [-0.25, -0.2) is 0 Å². The van der Waals surface area contributed by atoms with E-state index in [1.54, 1.807) is 0 Å². The van der Waals surface area contributed by atoms with Gasteiger partial charge in [0, 0.05) is 31.5 Å². The van der Waals surface area contributed by atoms with Crippen LogP contribution in [-0.4, -0.2) is 58.1 Å². The van der Waals surface area contributed by atoms with Crippen molar-refractivity contribution < 1.29 is 9.90 Å². The van der Waals surface area contributed by atoms with Gasteiger partial charge in [0.1, 0.15) is 0 Å². The van der Waals surface area contributed by atoms with Crippen molar-refractivity contribution in [3.8, 4) is 0 Å². The minimum Gasteiger partial charge on any atom is -0.481 e. The van der Waals surface area contributed by atoms with Crippen molar-refractivity contribution in [1.29, 1.82) is 0 Å². The number of carboxylic acid groups (broad SMARTS) is 1.